The van der Waals surface area contributed by atoms with Gasteiger partial charge in [-0.1, -0.05) is 6.07 Å². The lowest BCUT2D eigenvalue weighted by Crippen LogP contribution is -2.52. The molecule has 4 heteroatoms. The van der Waals surface area contributed by atoms with E-state index in [2.05, 4.69) is 24.1 Å². The number of methoxy groups -OCH3 is 1. The first kappa shape index (κ1) is 14.2. The van der Waals surface area contributed by atoms with Crippen molar-refractivity contribution in [1.29, 1.82) is 0 Å². The molecule has 1 aliphatic rings. The highest BCUT2D eigenvalue weighted by Crippen LogP contribution is 2.32. The zero-order chi connectivity index (χ0) is 13.7. The molecular formula is C15H24N2O2. The summed E-state index contributed by atoms with van der Waals surface area (Å²) in [4.78, 5) is 2.30. The van der Waals surface area contributed by atoms with Gasteiger partial charge in [0.25, 0.3) is 0 Å². The van der Waals surface area contributed by atoms with Gasteiger partial charge >= 0.3 is 0 Å². The SMILES string of the molecule is COc1cccc(N(C)C2(CN)CCCOCC2)c1. The molecule has 1 fully saturated rings. The molecule has 0 amide bonds. The van der Waals surface area contributed by atoms with Gasteiger partial charge in [-0.05, 0) is 31.4 Å². The fraction of sp³-hybridized carbons (Fsp3) is 0.600. The van der Waals surface area contributed by atoms with Crippen molar-refractivity contribution in [2.75, 3.05) is 38.8 Å². The van der Waals surface area contributed by atoms with E-state index in [-0.39, 0.29) is 5.54 Å². The van der Waals surface area contributed by atoms with Crippen LogP contribution in [0.2, 0.25) is 0 Å². The van der Waals surface area contributed by atoms with Crippen molar-refractivity contribution in [1.82, 2.24) is 0 Å². The van der Waals surface area contributed by atoms with Gasteiger partial charge < -0.3 is 20.1 Å². The van der Waals surface area contributed by atoms with Crippen molar-refractivity contribution >= 4 is 5.69 Å². The Balaban J connectivity index is 2.25. The van der Waals surface area contributed by atoms with Crippen LogP contribution in [-0.4, -0.2) is 39.5 Å². The average molecular weight is 264 g/mol. The van der Waals surface area contributed by atoms with Crippen molar-refractivity contribution in [2.24, 2.45) is 5.73 Å². The molecule has 0 spiro atoms. The summed E-state index contributed by atoms with van der Waals surface area (Å²) >= 11 is 0. The van der Waals surface area contributed by atoms with Crippen LogP contribution in [0.4, 0.5) is 5.69 Å². The van der Waals surface area contributed by atoms with Gasteiger partial charge in [0, 0.05) is 38.6 Å². The zero-order valence-electron chi connectivity index (χ0n) is 11.9. The summed E-state index contributed by atoms with van der Waals surface area (Å²) in [5, 5.41) is 0. The molecule has 1 atom stereocenters. The van der Waals surface area contributed by atoms with E-state index < -0.39 is 0 Å². The summed E-state index contributed by atoms with van der Waals surface area (Å²) in [5.41, 5.74) is 7.22. The molecule has 0 radical (unpaired) electrons. The van der Waals surface area contributed by atoms with E-state index in [0.717, 1.165) is 43.9 Å². The van der Waals surface area contributed by atoms with Crippen molar-refractivity contribution in [3.8, 4) is 5.75 Å². The molecule has 0 aliphatic carbocycles. The lowest BCUT2D eigenvalue weighted by atomic mass is 9.88. The van der Waals surface area contributed by atoms with Gasteiger partial charge in [0.05, 0.1) is 12.6 Å². The molecule has 2 rings (SSSR count). The van der Waals surface area contributed by atoms with Gasteiger partial charge in [-0.2, -0.15) is 0 Å². The number of nitrogens with two attached hydrogens (primary N) is 1. The van der Waals surface area contributed by atoms with Crippen molar-refractivity contribution in [3.05, 3.63) is 24.3 Å². The molecule has 1 unspecified atom stereocenters. The highest BCUT2D eigenvalue weighted by Gasteiger charge is 2.34. The van der Waals surface area contributed by atoms with Crippen LogP contribution in [0.5, 0.6) is 5.75 Å². The molecule has 2 N–H and O–H groups in total. The third kappa shape index (κ3) is 3.01. The molecule has 1 aromatic rings. The van der Waals surface area contributed by atoms with Crippen LogP contribution in [0.15, 0.2) is 24.3 Å². The van der Waals surface area contributed by atoms with Crippen LogP contribution in [-0.2, 0) is 4.74 Å². The van der Waals surface area contributed by atoms with Crippen molar-refractivity contribution in [2.45, 2.75) is 24.8 Å². The molecule has 0 bridgehead atoms. The van der Waals surface area contributed by atoms with E-state index in [4.69, 9.17) is 15.2 Å². The van der Waals surface area contributed by atoms with Crippen LogP contribution in [0, 0.1) is 0 Å². The second-order valence-corrected chi connectivity index (χ2v) is 5.15. The van der Waals surface area contributed by atoms with E-state index in [1.54, 1.807) is 7.11 Å². The number of anilines is 1. The average Bonchev–Trinajstić information content (AvgIpc) is 2.73. The van der Waals surface area contributed by atoms with Crippen LogP contribution in [0.25, 0.3) is 0 Å². The molecule has 1 heterocycles. The Morgan fingerprint density at radius 2 is 2.21 bits per heavy atom. The first-order valence-corrected chi connectivity index (χ1v) is 6.87. The Kier molecular flexibility index (Phi) is 4.66. The molecule has 4 nitrogen and oxygen atoms in total. The maximum Gasteiger partial charge on any atom is 0.120 e. The van der Waals surface area contributed by atoms with E-state index in [9.17, 15) is 0 Å². The molecule has 1 aliphatic heterocycles. The number of rotatable bonds is 4. The Morgan fingerprint density at radius 1 is 1.37 bits per heavy atom. The van der Waals surface area contributed by atoms with Crippen molar-refractivity contribution < 1.29 is 9.47 Å². The van der Waals surface area contributed by atoms with Crippen LogP contribution >= 0.6 is 0 Å². The predicted molar refractivity (Wildman–Crippen MR) is 77.9 cm³/mol. The molecule has 0 aromatic heterocycles. The summed E-state index contributed by atoms with van der Waals surface area (Å²) < 4.78 is 10.9. The van der Waals surface area contributed by atoms with Crippen LogP contribution in [0.1, 0.15) is 19.3 Å². The summed E-state index contributed by atoms with van der Waals surface area (Å²) in [5.74, 6) is 0.876. The maximum absolute atomic E-state index is 6.09. The van der Waals surface area contributed by atoms with E-state index in [1.165, 1.54) is 0 Å². The van der Waals surface area contributed by atoms with Gasteiger partial charge in [-0.3, -0.25) is 0 Å². The second-order valence-electron chi connectivity index (χ2n) is 5.15. The number of benzene rings is 1. The maximum atomic E-state index is 6.09. The zero-order valence-corrected chi connectivity index (χ0v) is 11.9. The molecule has 0 saturated carbocycles. The number of likely N-dealkylation sites (N-methyl/N-ethyl adjacent to an activating group) is 1. The minimum atomic E-state index is -0.0110. The fourth-order valence-corrected chi connectivity index (χ4v) is 2.76. The summed E-state index contributed by atoms with van der Waals surface area (Å²) in [7, 11) is 3.81. The third-order valence-corrected chi connectivity index (χ3v) is 4.17. The van der Waals surface area contributed by atoms with Gasteiger partial charge in [-0.25, -0.2) is 0 Å². The normalized spacial score (nSPS) is 23.7. The van der Waals surface area contributed by atoms with Crippen LogP contribution < -0.4 is 15.4 Å². The summed E-state index contributed by atoms with van der Waals surface area (Å²) in [6.07, 6.45) is 3.10. The molecule has 1 aromatic carbocycles. The Labute approximate surface area is 115 Å². The Hall–Kier alpha value is -1.26. The van der Waals surface area contributed by atoms with Gasteiger partial charge in [0.2, 0.25) is 0 Å². The van der Waals surface area contributed by atoms with Crippen molar-refractivity contribution in [3.63, 3.8) is 0 Å². The number of ether oxygens (including phenoxy) is 2. The molecular weight excluding hydrogens is 240 g/mol. The van der Waals surface area contributed by atoms with E-state index in [1.807, 2.05) is 12.1 Å². The quantitative estimate of drug-likeness (QED) is 0.904. The standard InChI is InChI=1S/C15H24N2O2/c1-17(13-5-3-6-14(11-13)18-2)15(12-16)7-4-9-19-10-8-15/h3,5-6,11H,4,7-10,12,16H2,1-2H3. The van der Waals surface area contributed by atoms with E-state index >= 15 is 0 Å². The molecule has 19 heavy (non-hydrogen) atoms. The fourth-order valence-electron chi connectivity index (χ4n) is 2.76. The first-order chi connectivity index (χ1) is 9.22. The molecule has 106 valence electrons. The number of hydrogen-bond acceptors (Lipinski definition) is 4. The Morgan fingerprint density at radius 3 is 2.95 bits per heavy atom. The van der Waals surface area contributed by atoms with E-state index in [0.29, 0.717) is 6.54 Å². The first-order valence-electron chi connectivity index (χ1n) is 6.87. The second kappa shape index (κ2) is 6.26. The van der Waals surface area contributed by atoms with Gasteiger partial charge in [0.15, 0.2) is 0 Å². The third-order valence-electron chi connectivity index (χ3n) is 4.17. The minimum Gasteiger partial charge on any atom is -0.497 e. The largest absolute Gasteiger partial charge is 0.497 e. The highest BCUT2D eigenvalue weighted by atomic mass is 16.5. The highest BCUT2D eigenvalue weighted by molar-refractivity contribution is 5.52. The monoisotopic (exact) mass is 264 g/mol. The molecule has 1 saturated heterocycles. The lowest BCUT2D eigenvalue weighted by Gasteiger charge is -2.42. The lowest BCUT2D eigenvalue weighted by molar-refractivity contribution is 0.139. The minimum absolute atomic E-state index is 0.0110. The topological polar surface area (TPSA) is 47.7 Å². The summed E-state index contributed by atoms with van der Waals surface area (Å²) in [6, 6.07) is 8.14. The predicted octanol–water partition coefficient (Wildman–Crippen LogP) is 2.03. The number of nitrogens with zero attached hydrogens (tertiary/aromatic N) is 1. The summed E-state index contributed by atoms with van der Waals surface area (Å²) in [6.45, 7) is 2.27. The number of hydrogen-bond donors (Lipinski definition) is 1. The van der Waals surface area contributed by atoms with Gasteiger partial charge in [-0.15, -0.1) is 0 Å². The Bertz CT molecular complexity index is 401. The van der Waals surface area contributed by atoms with Crippen LogP contribution in [0.3, 0.4) is 0 Å². The smallest absolute Gasteiger partial charge is 0.120 e. The van der Waals surface area contributed by atoms with Gasteiger partial charge in [0.1, 0.15) is 5.75 Å².